The summed E-state index contributed by atoms with van der Waals surface area (Å²) in [5.41, 5.74) is 0. The van der Waals surface area contributed by atoms with Gasteiger partial charge >= 0.3 is 0 Å². The Balaban J connectivity index is 2.69. The molecule has 2 nitrogen and oxygen atoms in total. The van der Waals surface area contributed by atoms with Crippen molar-refractivity contribution in [2.45, 2.75) is 6.42 Å². The second kappa shape index (κ2) is 10.6. The molecule has 0 aliphatic heterocycles. The maximum atomic E-state index is 8.46. The standard InChI is InChI=1S/C7H16O2S2/c8-2-1-4-10-6-7-11-5-3-9/h8-9H,1-7H2. The number of hydrogen-bond acceptors (Lipinski definition) is 4. The zero-order chi connectivity index (χ0) is 8.36. The Bertz CT molecular complexity index is 63.5. The van der Waals surface area contributed by atoms with Crippen LogP contribution < -0.4 is 0 Å². The summed E-state index contributed by atoms with van der Waals surface area (Å²) in [6.07, 6.45) is 0.898. The van der Waals surface area contributed by atoms with E-state index in [1.54, 1.807) is 11.8 Å². The average molecular weight is 196 g/mol. The van der Waals surface area contributed by atoms with Gasteiger partial charge in [0.1, 0.15) is 0 Å². The van der Waals surface area contributed by atoms with Crippen LogP contribution >= 0.6 is 23.5 Å². The molecule has 0 aliphatic rings. The van der Waals surface area contributed by atoms with Gasteiger partial charge in [0.2, 0.25) is 0 Å². The van der Waals surface area contributed by atoms with E-state index in [-0.39, 0.29) is 6.61 Å². The molecule has 0 saturated carbocycles. The molecule has 2 N–H and O–H groups in total. The van der Waals surface area contributed by atoms with E-state index in [4.69, 9.17) is 10.2 Å². The Hall–Kier alpha value is 0.620. The summed E-state index contributed by atoms with van der Waals surface area (Å²) >= 11 is 3.64. The Kier molecular flexibility index (Phi) is 11.2. The molecule has 0 amide bonds. The lowest BCUT2D eigenvalue weighted by Gasteiger charge is -1.98. The van der Waals surface area contributed by atoms with Crippen LogP contribution in [-0.4, -0.2) is 46.4 Å². The highest BCUT2D eigenvalue weighted by atomic mass is 32.2. The highest BCUT2D eigenvalue weighted by Crippen LogP contribution is 2.07. The van der Waals surface area contributed by atoms with Crippen LogP contribution in [0.2, 0.25) is 0 Å². The molecule has 0 unspecified atom stereocenters. The molecule has 0 fully saturated rings. The quantitative estimate of drug-likeness (QED) is 0.564. The number of aliphatic hydroxyl groups is 2. The van der Waals surface area contributed by atoms with Crippen molar-refractivity contribution in [3.05, 3.63) is 0 Å². The monoisotopic (exact) mass is 196 g/mol. The molecule has 0 saturated heterocycles. The van der Waals surface area contributed by atoms with E-state index in [0.717, 1.165) is 29.4 Å². The Morgan fingerprint density at radius 2 is 1.36 bits per heavy atom. The largest absolute Gasteiger partial charge is 0.396 e. The first-order chi connectivity index (χ1) is 5.41. The van der Waals surface area contributed by atoms with Crippen molar-refractivity contribution in [2.24, 2.45) is 0 Å². The van der Waals surface area contributed by atoms with Gasteiger partial charge in [-0.15, -0.1) is 0 Å². The number of thioether (sulfide) groups is 2. The molecule has 0 bridgehead atoms. The summed E-state index contributed by atoms with van der Waals surface area (Å²) in [4.78, 5) is 0. The van der Waals surface area contributed by atoms with Crippen molar-refractivity contribution in [1.29, 1.82) is 0 Å². The van der Waals surface area contributed by atoms with Gasteiger partial charge in [0.05, 0.1) is 6.61 Å². The van der Waals surface area contributed by atoms with Crippen molar-refractivity contribution in [3.63, 3.8) is 0 Å². The van der Waals surface area contributed by atoms with Gasteiger partial charge in [-0.2, -0.15) is 23.5 Å². The van der Waals surface area contributed by atoms with Crippen molar-refractivity contribution < 1.29 is 10.2 Å². The third-order valence-corrected chi connectivity index (χ3v) is 3.35. The molecule has 0 aromatic heterocycles. The summed E-state index contributed by atoms with van der Waals surface area (Å²) in [5.74, 6) is 4.14. The van der Waals surface area contributed by atoms with E-state index in [9.17, 15) is 0 Å². The maximum absolute atomic E-state index is 8.46. The summed E-state index contributed by atoms with van der Waals surface area (Å²) in [6.45, 7) is 0.586. The summed E-state index contributed by atoms with van der Waals surface area (Å²) in [5, 5.41) is 16.9. The van der Waals surface area contributed by atoms with Crippen LogP contribution in [0.3, 0.4) is 0 Å². The predicted octanol–water partition coefficient (Wildman–Crippen LogP) is 0.827. The lowest BCUT2D eigenvalue weighted by atomic mass is 10.5. The first-order valence-corrected chi connectivity index (χ1v) is 6.10. The molecule has 68 valence electrons. The molecule has 0 spiro atoms. The Labute approximate surface area is 76.8 Å². The minimum atomic E-state index is 0.284. The normalized spacial score (nSPS) is 10.4. The molecule has 11 heavy (non-hydrogen) atoms. The van der Waals surface area contributed by atoms with Gasteiger partial charge in [-0.1, -0.05) is 0 Å². The minimum absolute atomic E-state index is 0.284. The molecule has 0 aromatic rings. The topological polar surface area (TPSA) is 40.5 Å². The van der Waals surface area contributed by atoms with Crippen molar-refractivity contribution in [1.82, 2.24) is 0 Å². The SMILES string of the molecule is OCCCSCCSCCO. The lowest BCUT2D eigenvalue weighted by Crippen LogP contribution is -1.92. The second-order valence-corrected chi connectivity index (χ2v) is 4.48. The van der Waals surface area contributed by atoms with Crippen LogP contribution in [0.15, 0.2) is 0 Å². The van der Waals surface area contributed by atoms with Gasteiger partial charge in [-0.05, 0) is 12.2 Å². The van der Waals surface area contributed by atoms with Gasteiger partial charge in [-0.25, -0.2) is 0 Å². The van der Waals surface area contributed by atoms with E-state index in [2.05, 4.69) is 0 Å². The van der Waals surface area contributed by atoms with Crippen LogP contribution in [0.5, 0.6) is 0 Å². The minimum Gasteiger partial charge on any atom is -0.396 e. The van der Waals surface area contributed by atoms with Crippen LogP contribution in [-0.2, 0) is 0 Å². The lowest BCUT2D eigenvalue weighted by molar-refractivity contribution is 0.296. The molecule has 0 aliphatic carbocycles. The van der Waals surface area contributed by atoms with E-state index in [1.165, 1.54) is 0 Å². The van der Waals surface area contributed by atoms with E-state index < -0.39 is 0 Å². The average Bonchev–Trinajstić information content (AvgIpc) is 2.03. The molecule has 0 heterocycles. The molecule has 0 radical (unpaired) electrons. The first kappa shape index (κ1) is 11.6. The fourth-order valence-electron chi connectivity index (χ4n) is 0.553. The van der Waals surface area contributed by atoms with Gasteiger partial charge in [0, 0.05) is 23.9 Å². The molecular weight excluding hydrogens is 180 g/mol. The third kappa shape index (κ3) is 10.6. The molecule has 0 rings (SSSR count). The smallest absolute Gasteiger partial charge is 0.0521 e. The first-order valence-electron chi connectivity index (χ1n) is 3.79. The molecule has 0 aromatic carbocycles. The van der Waals surface area contributed by atoms with E-state index in [0.29, 0.717) is 6.61 Å². The second-order valence-electron chi connectivity index (χ2n) is 2.03. The van der Waals surface area contributed by atoms with Gasteiger partial charge in [0.15, 0.2) is 0 Å². The number of aliphatic hydroxyl groups excluding tert-OH is 2. The summed E-state index contributed by atoms with van der Waals surface area (Å²) < 4.78 is 0. The Morgan fingerprint density at radius 3 is 1.91 bits per heavy atom. The highest BCUT2D eigenvalue weighted by molar-refractivity contribution is 8.02. The predicted molar refractivity (Wildman–Crippen MR) is 53.4 cm³/mol. The van der Waals surface area contributed by atoms with Crippen molar-refractivity contribution in [3.8, 4) is 0 Å². The zero-order valence-electron chi connectivity index (χ0n) is 6.66. The Morgan fingerprint density at radius 1 is 0.727 bits per heavy atom. The van der Waals surface area contributed by atoms with Gasteiger partial charge < -0.3 is 10.2 Å². The van der Waals surface area contributed by atoms with Crippen LogP contribution in [0.1, 0.15) is 6.42 Å². The fourth-order valence-corrected chi connectivity index (χ4v) is 2.37. The summed E-state index contributed by atoms with van der Waals surface area (Å²) in [7, 11) is 0. The molecule has 0 atom stereocenters. The van der Waals surface area contributed by atoms with Crippen molar-refractivity contribution in [2.75, 3.05) is 36.2 Å². The fraction of sp³-hybridized carbons (Fsp3) is 1.00. The number of hydrogen-bond donors (Lipinski definition) is 2. The van der Waals surface area contributed by atoms with Crippen LogP contribution in [0.4, 0.5) is 0 Å². The van der Waals surface area contributed by atoms with E-state index in [1.807, 2.05) is 11.8 Å². The molecular formula is C7H16O2S2. The molecule has 4 heteroatoms. The van der Waals surface area contributed by atoms with Crippen molar-refractivity contribution >= 4 is 23.5 Å². The summed E-state index contributed by atoms with van der Waals surface area (Å²) in [6, 6.07) is 0. The number of rotatable bonds is 8. The zero-order valence-corrected chi connectivity index (χ0v) is 8.29. The van der Waals surface area contributed by atoms with Crippen LogP contribution in [0, 0.1) is 0 Å². The third-order valence-electron chi connectivity index (χ3n) is 1.05. The van der Waals surface area contributed by atoms with Gasteiger partial charge in [-0.3, -0.25) is 0 Å². The van der Waals surface area contributed by atoms with Crippen LogP contribution in [0.25, 0.3) is 0 Å². The van der Waals surface area contributed by atoms with E-state index >= 15 is 0 Å². The highest BCUT2D eigenvalue weighted by Gasteiger charge is 1.89. The van der Waals surface area contributed by atoms with Gasteiger partial charge in [0.25, 0.3) is 0 Å². The maximum Gasteiger partial charge on any atom is 0.0521 e.